The van der Waals surface area contributed by atoms with Crippen LogP contribution in [0.3, 0.4) is 0 Å². The van der Waals surface area contributed by atoms with Crippen LogP contribution in [0, 0.1) is 0 Å². The molecule has 0 atom stereocenters. The highest BCUT2D eigenvalue weighted by atomic mass is 79.9. The molecule has 1 amide bonds. The summed E-state index contributed by atoms with van der Waals surface area (Å²) < 4.78 is 6.42. The molecule has 0 aliphatic carbocycles. The molecule has 3 rings (SSSR count). The largest absolute Gasteiger partial charge is 0.451 e. The van der Waals surface area contributed by atoms with Gasteiger partial charge in [0.15, 0.2) is 5.76 Å². The lowest BCUT2D eigenvalue weighted by atomic mass is 10.2. The van der Waals surface area contributed by atoms with Crippen molar-refractivity contribution in [3.63, 3.8) is 0 Å². The summed E-state index contributed by atoms with van der Waals surface area (Å²) in [6.45, 7) is 0. The zero-order valence-electron chi connectivity index (χ0n) is 12.1. The van der Waals surface area contributed by atoms with E-state index in [4.69, 9.17) is 4.42 Å². The number of hydrazone groups is 1. The fourth-order valence-corrected chi connectivity index (χ4v) is 2.42. The summed E-state index contributed by atoms with van der Waals surface area (Å²) in [5, 5.41) is 4.73. The quantitative estimate of drug-likeness (QED) is 0.539. The summed E-state index contributed by atoms with van der Waals surface area (Å²) in [4.78, 5) is 12.0. The number of hydrogen-bond donors (Lipinski definition) is 1. The number of fused-ring (bicyclic) bond motifs is 1. The number of halogens is 1. The highest BCUT2D eigenvalue weighted by Crippen LogP contribution is 2.23. The predicted molar refractivity (Wildman–Crippen MR) is 95.3 cm³/mol. The van der Waals surface area contributed by atoms with Crippen LogP contribution in [0.2, 0.25) is 0 Å². The Morgan fingerprint density at radius 1 is 1.13 bits per heavy atom. The molecule has 0 radical (unpaired) electrons. The average molecular weight is 369 g/mol. The Balaban J connectivity index is 1.62. The first kappa shape index (κ1) is 15.2. The van der Waals surface area contributed by atoms with Gasteiger partial charge < -0.3 is 4.42 Å². The molecule has 3 aromatic rings. The molecule has 0 aliphatic rings. The van der Waals surface area contributed by atoms with Crippen molar-refractivity contribution < 1.29 is 9.21 Å². The van der Waals surface area contributed by atoms with Gasteiger partial charge in [-0.05, 0) is 35.9 Å². The van der Waals surface area contributed by atoms with Gasteiger partial charge in [-0.2, -0.15) is 5.10 Å². The molecule has 0 fully saturated rings. The molecule has 0 bridgehead atoms. The second-order valence-corrected chi connectivity index (χ2v) is 5.70. The van der Waals surface area contributed by atoms with E-state index in [-0.39, 0.29) is 11.7 Å². The highest BCUT2D eigenvalue weighted by Gasteiger charge is 2.11. The van der Waals surface area contributed by atoms with E-state index >= 15 is 0 Å². The Kier molecular flexibility index (Phi) is 4.68. The molecule has 1 heterocycles. The highest BCUT2D eigenvalue weighted by molar-refractivity contribution is 9.10. The van der Waals surface area contributed by atoms with E-state index in [0.717, 1.165) is 15.4 Å². The summed E-state index contributed by atoms with van der Waals surface area (Å²) in [5.74, 6) is -0.163. The normalized spacial score (nSPS) is 11.5. The van der Waals surface area contributed by atoms with E-state index in [1.165, 1.54) is 6.21 Å². The summed E-state index contributed by atoms with van der Waals surface area (Å²) in [7, 11) is 0. The number of nitrogens with one attached hydrogen (secondary N) is 1. The van der Waals surface area contributed by atoms with Gasteiger partial charge in [-0.15, -0.1) is 0 Å². The van der Waals surface area contributed by atoms with Crippen LogP contribution in [0.1, 0.15) is 16.1 Å². The van der Waals surface area contributed by atoms with Crippen LogP contribution >= 0.6 is 15.9 Å². The van der Waals surface area contributed by atoms with Crippen LogP contribution < -0.4 is 5.43 Å². The van der Waals surface area contributed by atoms with Crippen LogP contribution in [0.4, 0.5) is 0 Å². The molecule has 0 saturated carbocycles. The van der Waals surface area contributed by atoms with E-state index in [1.54, 1.807) is 12.1 Å². The fraction of sp³-hybridized carbons (Fsp3) is 0. The lowest BCUT2D eigenvalue weighted by Crippen LogP contribution is -2.16. The van der Waals surface area contributed by atoms with E-state index in [9.17, 15) is 4.79 Å². The van der Waals surface area contributed by atoms with E-state index in [0.29, 0.717) is 5.58 Å². The van der Waals surface area contributed by atoms with Crippen LogP contribution in [-0.4, -0.2) is 12.1 Å². The van der Waals surface area contributed by atoms with Gasteiger partial charge in [-0.1, -0.05) is 52.3 Å². The molecule has 2 aromatic carbocycles. The number of rotatable bonds is 4. The Hall–Kier alpha value is -2.66. The Morgan fingerprint density at radius 2 is 1.96 bits per heavy atom. The number of carbonyl (C=O) groups is 1. The maximum Gasteiger partial charge on any atom is 0.307 e. The topological polar surface area (TPSA) is 54.6 Å². The van der Waals surface area contributed by atoms with Crippen molar-refractivity contribution in [1.82, 2.24) is 5.43 Å². The van der Waals surface area contributed by atoms with E-state index < -0.39 is 0 Å². The Labute approximate surface area is 141 Å². The molecule has 0 unspecified atom stereocenters. The molecule has 5 heteroatoms. The third-order valence-electron chi connectivity index (χ3n) is 3.12. The predicted octanol–water partition coefficient (Wildman–Crippen LogP) is 4.62. The average Bonchev–Trinajstić information content (AvgIpc) is 2.98. The van der Waals surface area contributed by atoms with Crippen molar-refractivity contribution >= 4 is 45.1 Å². The van der Waals surface area contributed by atoms with E-state index in [1.807, 2.05) is 54.6 Å². The minimum absolute atomic E-state index is 0.224. The molecule has 1 N–H and O–H groups in total. The lowest BCUT2D eigenvalue weighted by molar-refractivity contribution is 0.0929. The number of hydrogen-bond acceptors (Lipinski definition) is 3. The van der Waals surface area contributed by atoms with Crippen LogP contribution in [-0.2, 0) is 0 Å². The number of nitrogens with zero attached hydrogens (tertiary/aromatic N) is 1. The minimum Gasteiger partial charge on any atom is -0.451 e. The zero-order valence-corrected chi connectivity index (χ0v) is 13.7. The number of benzene rings is 2. The first-order valence-electron chi connectivity index (χ1n) is 6.96. The molecule has 0 spiro atoms. The van der Waals surface area contributed by atoms with Crippen LogP contribution in [0.15, 0.2) is 74.7 Å². The number of allylic oxidation sites excluding steroid dienone is 1. The SMILES string of the molecule is O=C(NN=CC=Cc1ccccc1)c1cc2cc(Br)ccc2o1. The van der Waals surface area contributed by atoms with Gasteiger partial charge in [0.1, 0.15) is 5.58 Å². The molecule has 23 heavy (non-hydrogen) atoms. The number of furan rings is 1. The zero-order chi connectivity index (χ0) is 16.1. The maximum absolute atomic E-state index is 12.0. The molecule has 0 aliphatic heterocycles. The minimum atomic E-state index is -0.387. The third kappa shape index (κ3) is 3.96. The van der Waals surface area contributed by atoms with Gasteiger partial charge in [0, 0.05) is 16.1 Å². The second kappa shape index (κ2) is 7.07. The first-order chi connectivity index (χ1) is 11.2. The third-order valence-corrected chi connectivity index (χ3v) is 3.61. The monoisotopic (exact) mass is 368 g/mol. The number of carbonyl (C=O) groups excluding carboxylic acids is 1. The molecule has 4 nitrogen and oxygen atoms in total. The molecule has 1 aromatic heterocycles. The second-order valence-electron chi connectivity index (χ2n) is 4.78. The maximum atomic E-state index is 12.0. The standard InChI is InChI=1S/C18H13BrN2O2/c19-15-8-9-16-14(11-15)12-17(23-16)18(22)21-20-10-4-7-13-5-2-1-3-6-13/h1-12H,(H,21,22). The Bertz CT molecular complexity index is 882. The van der Waals surface area contributed by atoms with Gasteiger partial charge >= 0.3 is 5.91 Å². The van der Waals surface area contributed by atoms with Crippen molar-refractivity contribution in [3.8, 4) is 0 Å². The summed E-state index contributed by atoms with van der Waals surface area (Å²) in [5.41, 5.74) is 4.16. The summed E-state index contributed by atoms with van der Waals surface area (Å²) in [6.07, 6.45) is 5.17. The van der Waals surface area contributed by atoms with Crippen molar-refractivity contribution in [2.75, 3.05) is 0 Å². The van der Waals surface area contributed by atoms with Crippen LogP contribution in [0.25, 0.3) is 17.0 Å². The number of amides is 1. The molecule has 114 valence electrons. The molecule has 0 saturated heterocycles. The van der Waals surface area contributed by atoms with Gasteiger partial charge in [0.2, 0.25) is 0 Å². The van der Waals surface area contributed by atoms with Crippen molar-refractivity contribution in [2.45, 2.75) is 0 Å². The molecular weight excluding hydrogens is 356 g/mol. The van der Waals surface area contributed by atoms with Gasteiger partial charge in [-0.3, -0.25) is 4.79 Å². The fourth-order valence-electron chi connectivity index (χ4n) is 2.04. The first-order valence-corrected chi connectivity index (χ1v) is 7.76. The van der Waals surface area contributed by atoms with E-state index in [2.05, 4.69) is 26.5 Å². The van der Waals surface area contributed by atoms with Crippen molar-refractivity contribution in [2.24, 2.45) is 5.10 Å². The summed E-state index contributed by atoms with van der Waals surface area (Å²) in [6, 6.07) is 17.1. The lowest BCUT2D eigenvalue weighted by Gasteiger charge is -1.93. The van der Waals surface area contributed by atoms with Crippen molar-refractivity contribution in [3.05, 3.63) is 76.5 Å². The smallest absolute Gasteiger partial charge is 0.307 e. The van der Waals surface area contributed by atoms with Gasteiger partial charge in [-0.25, -0.2) is 5.43 Å². The van der Waals surface area contributed by atoms with Crippen molar-refractivity contribution in [1.29, 1.82) is 0 Å². The molecular formula is C18H13BrN2O2. The van der Waals surface area contributed by atoms with Crippen LogP contribution in [0.5, 0.6) is 0 Å². The van der Waals surface area contributed by atoms with Gasteiger partial charge in [0.25, 0.3) is 0 Å². The Morgan fingerprint density at radius 3 is 2.78 bits per heavy atom. The summed E-state index contributed by atoms with van der Waals surface area (Å²) >= 11 is 3.38. The van der Waals surface area contributed by atoms with Gasteiger partial charge in [0.05, 0.1) is 0 Å².